The second kappa shape index (κ2) is 7.94. The van der Waals surface area contributed by atoms with Crippen molar-refractivity contribution in [3.05, 3.63) is 12.2 Å². The molecule has 0 aromatic rings. The number of aldehydes is 1. The lowest BCUT2D eigenvalue weighted by molar-refractivity contribution is -0.247. The van der Waals surface area contributed by atoms with Gasteiger partial charge < -0.3 is 9.53 Å². The minimum absolute atomic E-state index is 0.00743. The summed E-state index contributed by atoms with van der Waals surface area (Å²) in [5.74, 6) is 2.76. The largest absolute Gasteiger partial charge is 0.462 e. The molecule has 5 aliphatic carbocycles. The van der Waals surface area contributed by atoms with Gasteiger partial charge in [-0.2, -0.15) is 0 Å². The summed E-state index contributed by atoms with van der Waals surface area (Å²) in [6.45, 7) is 20.8. The fourth-order valence-electron chi connectivity index (χ4n) is 11.8. The van der Waals surface area contributed by atoms with Crippen molar-refractivity contribution in [2.45, 2.75) is 119 Å². The number of fused-ring (bicyclic) bond motifs is 7. The van der Waals surface area contributed by atoms with Gasteiger partial charge in [-0.3, -0.25) is 4.79 Å². The van der Waals surface area contributed by atoms with Crippen LogP contribution in [-0.4, -0.2) is 18.4 Å². The van der Waals surface area contributed by atoms with Crippen LogP contribution in [-0.2, 0) is 14.3 Å². The van der Waals surface area contributed by atoms with Gasteiger partial charge in [0.1, 0.15) is 12.4 Å². The molecule has 5 fully saturated rings. The molecule has 0 amide bonds. The molecule has 0 spiro atoms. The quantitative estimate of drug-likeness (QED) is 0.234. The smallest absolute Gasteiger partial charge is 0.302 e. The molecular weight excluding hydrogens is 432 g/mol. The van der Waals surface area contributed by atoms with Gasteiger partial charge in [0, 0.05) is 17.8 Å². The van der Waals surface area contributed by atoms with E-state index in [1.54, 1.807) is 6.92 Å². The number of hydrogen-bond donors (Lipinski definition) is 0. The van der Waals surface area contributed by atoms with Gasteiger partial charge in [0.15, 0.2) is 0 Å². The highest BCUT2D eigenvalue weighted by molar-refractivity contribution is 5.66. The molecule has 9 unspecified atom stereocenters. The maximum Gasteiger partial charge on any atom is 0.302 e. The second-order valence-corrected chi connectivity index (χ2v) is 15.0. The zero-order valence-electron chi connectivity index (χ0n) is 23.5. The Hall–Kier alpha value is -1.12. The highest BCUT2D eigenvalue weighted by atomic mass is 16.5. The fourth-order valence-corrected chi connectivity index (χ4v) is 11.8. The Balaban J connectivity index is 1.51. The van der Waals surface area contributed by atoms with Crippen molar-refractivity contribution in [1.82, 2.24) is 0 Å². The highest BCUT2D eigenvalue weighted by Crippen LogP contribution is 2.77. The third-order valence-corrected chi connectivity index (χ3v) is 13.6. The van der Waals surface area contributed by atoms with Crippen molar-refractivity contribution in [3.63, 3.8) is 0 Å². The number of esters is 1. The molecule has 0 bridgehead atoms. The summed E-state index contributed by atoms with van der Waals surface area (Å²) in [4.78, 5) is 24.5. The molecule has 3 nitrogen and oxygen atoms in total. The third-order valence-electron chi connectivity index (χ3n) is 13.6. The van der Waals surface area contributed by atoms with Gasteiger partial charge in [0.2, 0.25) is 0 Å². The summed E-state index contributed by atoms with van der Waals surface area (Å²) in [5.41, 5.74) is 2.05. The summed E-state index contributed by atoms with van der Waals surface area (Å²) in [6, 6.07) is 0. The van der Waals surface area contributed by atoms with Crippen LogP contribution in [0.3, 0.4) is 0 Å². The molecule has 5 aliphatic rings. The number of hydrogen-bond acceptors (Lipinski definition) is 3. The Morgan fingerprint density at radius 2 is 1.54 bits per heavy atom. The van der Waals surface area contributed by atoms with Gasteiger partial charge in [0.05, 0.1) is 0 Å². The van der Waals surface area contributed by atoms with E-state index in [0.29, 0.717) is 35.0 Å². The topological polar surface area (TPSA) is 43.4 Å². The lowest BCUT2D eigenvalue weighted by atomic mass is 9.32. The molecule has 0 heterocycles. The molecule has 5 rings (SSSR count). The highest BCUT2D eigenvalue weighted by Gasteiger charge is 2.71. The van der Waals surface area contributed by atoms with Crippen molar-refractivity contribution in [3.8, 4) is 0 Å². The minimum atomic E-state index is -0.134. The standard InChI is InChI=1S/C32H50O3/c1-20(2)22-11-16-32(19-33)18-17-30(7)23(27(22)32)9-10-25-29(6)14-13-26(35-21(3)34)28(4,5)24(29)12-15-31(25,30)8/h19,22-27H,1,9-18H2,2-8H3/t22?,23?,24?,25?,26?,27?,29?,30-,31?,32?/m1/s1. The lowest BCUT2D eigenvalue weighted by Crippen LogP contribution is -2.66. The van der Waals surface area contributed by atoms with Gasteiger partial charge in [-0.05, 0) is 117 Å². The van der Waals surface area contributed by atoms with E-state index in [1.807, 2.05) is 0 Å². The van der Waals surface area contributed by atoms with Crippen LogP contribution in [0.15, 0.2) is 12.2 Å². The van der Waals surface area contributed by atoms with E-state index in [9.17, 15) is 9.59 Å². The summed E-state index contributed by atoms with van der Waals surface area (Å²) in [7, 11) is 0. The molecule has 196 valence electrons. The Labute approximate surface area is 214 Å². The average Bonchev–Trinajstić information content (AvgIpc) is 3.16. The number of carbonyl (C=O) groups is 2. The van der Waals surface area contributed by atoms with Crippen LogP contribution in [0.5, 0.6) is 0 Å². The van der Waals surface area contributed by atoms with Crippen molar-refractivity contribution in [2.24, 2.45) is 56.7 Å². The molecule has 0 saturated heterocycles. The SMILES string of the molecule is C=C(C)C1CCC2(C=O)CC[C@]3(C)C(CCC4C5(C)CCC(OC(C)=O)C(C)(C)C5CCC43C)C12. The Kier molecular flexibility index (Phi) is 5.79. The molecule has 35 heavy (non-hydrogen) atoms. The van der Waals surface area contributed by atoms with Crippen LogP contribution in [0.4, 0.5) is 0 Å². The first-order chi connectivity index (χ1) is 16.3. The van der Waals surface area contributed by atoms with Crippen LogP contribution in [0, 0.1) is 56.7 Å². The van der Waals surface area contributed by atoms with Crippen molar-refractivity contribution in [2.75, 3.05) is 0 Å². The van der Waals surface area contributed by atoms with Crippen LogP contribution in [0.2, 0.25) is 0 Å². The van der Waals surface area contributed by atoms with Crippen molar-refractivity contribution >= 4 is 12.3 Å². The predicted octanol–water partition coefficient (Wildman–Crippen LogP) is 7.77. The van der Waals surface area contributed by atoms with E-state index in [2.05, 4.69) is 48.1 Å². The Morgan fingerprint density at radius 3 is 2.17 bits per heavy atom. The molecule has 0 radical (unpaired) electrons. The number of rotatable bonds is 3. The average molecular weight is 483 g/mol. The first-order valence-corrected chi connectivity index (χ1v) is 14.6. The minimum Gasteiger partial charge on any atom is -0.462 e. The van der Waals surface area contributed by atoms with Crippen LogP contribution in [0.25, 0.3) is 0 Å². The van der Waals surface area contributed by atoms with Crippen LogP contribution >= 0.6 is 0 Å². The van der Waals surface area contributed by atoms with Gasteiger partial charge >= 0.3 is 5.97 Å². The van der Waals surface area contributed by atoms with Gasteiger partial charge in [0.25, 0.3) is 0 Å². The molecular formula is C32H50O3. The maximum absolute atomic E-state index is 12.6. The second-order valence-electron chi connectivity index (χ2n) is 15.0. The lowest BCUT2D eigenvalue weighted by Gasteiger charge is -2.72. The van der Waals surface area contributed by atoms with Gasteiger partial charge in [-0.25, -0.2) is 0 Å². The zero-order chi connectivity index (χ0) is 25.6. The molecule has 0 aromatic carbocycles. The Bertz CT molecular complexity index is 920. The van der Waals surface area contributed by atoms with Crippen molar-refractivity contribution < 1.29 is 14.3 Å². The fraction of sp³-hybridized carbons (Fsp3) is 0.875. The predicted molar refractivity (Wildman–Crippen MR) is 141 cm³/mol. The van der Waals surface area contributed by atoms with Crippen LogP contribution < -0.4 is 0 Å². The first-order valence-electron chi connectivity index (χ1n) is 14.6. The molecule has 3 heteroatoms. The molecule has 0 aliphatic heterocycles. The van der Waals surface area contributed by atoms with E-state index in [0.717, 1.165) is 32.1 Å². The molecule has 5 saturated carbocycles. The van der Waals surface area contributed by atoms with Crippen molar-refractivity contribution in [1.29, 1.82) is 0 Å². The van der Waals surface area contributed by atoms with E-state index < -0.39 is 0 Å². The number of carbonyl (C=O) groups excluding carboxylic acids is 2. The summed E-state index contributed by atoms with van der Waals surface area (Å²) < 4.78 is 5.89. The van der Waals surface area contributed by atoms with Gasteiger partial charge in [-0.15, -0.1) is 0 Å². The number of ether oxygens (including phenoxy) is 1. The summed E-state index contributed by atoms with van der Waals surface area (Å²) >= 11 is 0. The zero-order valence-corrected chi connectivity index (χ0v) is 23.5. The van der Waals surface area contributed by atoms with Crippen LogP contribution in [0.1, 0.15) is 113 Å². The molecule has 0 N–H and O–H groups in total. The Morgan fingerprint density at radius 1 is 0.829 bits per heavy atom. The normalized spacial score (nSPS) is 52.3. The van der Waals surface area contributed by atoms with E-state index in [4.69, 9.17) is 4.74 Å². The van der Waals surface area contributed by atoms with E-state index in [-0.39, 0.29) is 33.7 Å². The summed E-state index contributed by atoms with van der Waals surface area (Å²) in [5, 5.41) is 0. The van der Waals surface area contributed by atoms with E-state index in [1.165, 1.54) is 44.0 Å². The third kappa shape index (κ3) is 3.21. The molecule has 10 atom stereocenters. The maximum atomic E-state index is 12.6. The number of allylic oxidation sites excluding steroid dienone is 1. The van der Waals surface area contributed by atoms with Gasteiger partial charge in [-0.1, -0.05) is 46.8 Å². The molecule has 0 aromatic heterocycles. The monoisotopic (exact) mass is 482 g/mol. The summed E-state index contributed by atoms with van der Waals surface area (Å²) in [6.07, 6.45) is 13.1. The van der Waals surface area contributed by atoms with E-state index >= 15 is 0 Å². The first kappa shape index (κ1) is 25.5.